The van der Waals surface area contributed by atoms with Crippen LogP contribution in [0.1, 0.15) is 45.2 Å². The quantitative estimate of drug-likeness (QED) is 0.502. The van der Waals surface area contributed by atoms with E-state index in [0.717, 1.165) is 24.8 Å². The van der Waals surface area contributed by atoms with Crippen LogP contribution >= 0.6 is 0 Å². The molecule has 1 atom stereocenters. The molecule has 2 heterocycles. The molecule has 3 aromatic rings. The molecule has 34 heavy (non-hydrogen) atoms. The lowest BCUT2D eigenvalue weighted by molar-refractivity contribution is -0.137. The highest BCUT2D eigenvalue weighted by Gasteiger charge is 2.33. The van der Waals surface area contributed by atoms with Gasteiger partial charge in [0.05, 0.1) is 36.0 Å². The number of ether oxygens (including phenoxy) is 1. The normalized spacial score (nSPS) is 12.8. The third kappa shape index (κ3) is 5.36. The van der Waals surface area contributed by atoms with Crippen molar-refractivity contribution in [1.29, 1.82) is 0 Å². The second-order valence-electron chi connectivity index (χ2n) is 6.99. The molecule has 0 aliphatic rings. The lowest BCUT2D eigenvalue weighted by Crippen LogP contribution is -2.29. The summed E-state index contributed by atoms with van der Waals surface area (Å²) in [6.45, 7) is 1.49. The monoisotopic (exact) mass is 498 g/mol. The van der Waals surface area contributed by atoms with Crippen molar-refractivity contribution in [2.75, 3.05) is 13.4 Å². The fourth-order valence-corrected chi connectivity index (χ4v) is 3.50. The number of amides is 1. The van der Waals surface area contributed by atoms with Gasteiger partial charge in [0.1, 0.15) is 6.33 Å². The Kier molecular flexibility index (Phi) is 6.67. The number of carbonyl (C=O) groups is 2. The average molecular weight is 498 g/mol. The minimum absolute atomic E-state index is 0.0551. The number of sulfone groups is 1. The summed E-state index contributed by atoms with van der Waals surface area (Å²) in [4.78, 5) is 35.5. The number of benzene rings is 1. The van der Waals surface area contributed by atoms with Crippen molar-refractivity contribution in [2.45, 2.75) is 24.0 Å². The molecule has 0 aliphatic carbocycles. The van der Waals surface area contributed by atoms with Gasteiger partial charge in [0, 0.05) is 11.8 Å². The fraction of sp³-hybridized carbons (Fsp3) is 0.263. The number of carbonyl (C=O) groups excluding carboxylic acids is 2. The predicted octanol–water partition coefficient (Wildman–Crippen LogP) is 1.76. The topological polar surface area (TPSA) is 146 Å². The van der Waals surface area contributed by atoms with Gasteiger partial charge >= 0.3 is 12.1 Å². The minimum Gasteiger partial charge on any atom is -0.464 e. The predicted molar refractivity (Wildman–Crippen MR) is 109 cm³/mol. The molecule has 0 radical (unpaired) electrons. The molecule has 0 saturated heterocycles. The summed E-state index contributed by atoms with van der Waals surface area (Å²) < 4.78 is 69.1. The van der Waals surface area contributed by atoms with Gasteiger partial charge in [-0.3, -0.25) is 4.79 Å². The summed E-state index contributed by atoms with van der Waals surface area (Å²) in [5.41, 5.74) is -1.84. The van der Waals surface area contributed by atoms with Crippen LogP contribution in [0.25, 0.3) is 5.82 Å². The number of nitrogens with one attached hydrogen (secondary N) is 1. The van der Waals surface area contributed by atoms with E-state index in [2.05, 4.69) is 30.1 Å². The Labute approximate surface area is 190 Å². The van der Waals surface area contributed by atoms with E-state index in [4.69, 9.17) is 0 Å². The van der Waals surface area contributed by atoms with Gasteiger partial charge in [-0.2, -0.15) is 23.0 Å². The van der Waals surface area contributed by atoms with E-state index in [1.165, 1.54) is 24.9 Å². The van der Waals surface area contributed by atoms with E-state index in [1.807, 2.05) is 0 Å². The molecule has 1 aromatic carbocycles. The zero-order valence-electron chi connectivity index (χ0n) is 17.9. The number of halogens is 3. The Balaban J connectivity index is 1.89. The number of hydrogen-bond donors (Lipinski definition) is 1. The number of methoxy groups -OCH3 is 1. The molecule has 3 rings (SSSR count). The van der Waals surface area contributed by atoms with Gasteiger partial charge < -0.3 is 10.1 Å². The molecule has 1 amide bonds. The van der Waals surface area contributed by atoms with Crippen molar-refractivity contribution in [3.05, 3.63) is 59.6 Å². The Morgan fingerprint density at radius 3 is 2.38 bits per heavy atom. The number of alkyl halides is 3. The zero-order chi connectivity index (χ0) is 25.3. The van der Waals surface area contributed by atoms with Crippen LogP contribution in [-0.2, 0) is 20.8 Å². The van der Waals surface area contributed by atoms with E-state index < -0.39 is 50.0 Å². The van der Waals surface area contributed by atoms with Crippen molar-refractivity contribution in [1.82, 2.24) is 30.0 Å². The maximum atomic E-state index is 13.2. The molecular weight excluding hydrogens is 481 g/mol. The molecule has 0 saturated carbocycles. The zero-order valence-corrected chi connectivity index (χ0v) is 18.7. The first kappa shape index (κ1) is 24.8. The van der Waals surface area contributed by atoms with Crippen molar-refractivity contribution in [2.24, 2.45) is 0 Å². The van der Waals surface area contributed by atoms with Crippen molar-refractivity contribution < 1.29 is 35.9 Å². The molecule has 1 N–H and O–H groups in total. The number of esters is 1. The average Bonchev–Trinajstić information content (AvgIpc) is 3.27. The summed E-state index contributed by atoms with van der Waals surface area (Å²) in [6.07, 6.45) is -0.617. The number of rotatable bonds is 6. The highest BCUT2D eigenvalue weighted by Crippen LogP contribution is 2.32. The molecule has 15 heteroatoms. The molecule has 1 unspecified atom stereocenters. The van der Waals surface area contributed by atoms with Crippen molar-refractivity contribution in [3.8, 4) is 5.82 Å². The second kappa shape index (κ2) is 9.17. The van der Waals surface area contributed by atoms with Gasteiger partial charge in [0.15, 0.2) is 27.2 Å². The second-order valence-corrected chi connectivity index (χ2v) is 9.01. The standard InChI is InChI=1S/C19H17F3N6O5S/c1-10(16-25-9-26-28(16)15-8-23-14(7-24-15)18(30)33-2)27-17(29)11-4-12(19(20,21)22)6-13(5-11)34(3,31)32/h4-10H,1-3H3,(H,27,29). The molecule has 0 fully saturated rings. The fourth-order valence-electron chi connectivity index (χ4n) is 2.82. The molecule has 11 nitrogen and oxygen atoms in total. The van der Waals surface area contributed by atoms with Gasteiger partial charge in [-0.1, -0.05) is 0 Å². The third-order valence-corrected chi connectivity index (χ3v) is 5.57. The number of aromatic nitrogens is 5. The van der Waals surface area contributed by atoms with E-state index in [9.17, 15) is 31.2 Å². The van der Waals surface area contributed by atoms with E-state index in [-0.39, 0.29) is 17.3 Å². The van der Waals surface area contributed by atoms with Gasteiger partial charge in [0.25, 0.3) is 5.91 Å². The molecule has 0 aliphatic heterocycles. The van der Waals surface area contributed by atoms with Crippen molar-refractivity contribution in [3.63, 3.8) is 0 Å². The van der Waals surface area contributed by atoms with Crippen LogP contribution in [0.3, 0.4) is 0 Å². The molecule has 2 aromatic heterocycles. The minimum atomic E-state index is -4.86. The summed E-state index contributed by atoms with van der Waals surface area (Å²) in [7, 11) is -2.84. The van der Waals surface area contributed by atoms with Gasteiger partial charge in [-0.05, 0) is 25.1 Å². The smallest absolute Gasteiger partial charge is 0.416 e. The molecular formula is C19H17F3N6O5S. The molecule has 180 valence electrons. The van der Waals surface area contributed by atoms with E-state index in [1.54, 1.807) is 0 Å². The maximum absolute atomic E-state index is 13.2. The Hall–Kier alpha value is -3.88. The summed E-state index contributed by atoms with van der Waals surface area (Å²) >= 11 is 0. The summed E-state index contributed by atoms with van der Waals surface area (Å²) in [6, 6.07) is 0.976. The maximum Gasteiger partial charge on any atom is 0.416 e. The van der Waals surface area contributed by atoms with Gasteiger partial charge in [-0.15, -0.1) is 0 Å². The van der Waals surface area contributed by atoms with E-state index >= 15 is 0 Å². The number of hydrogen-bond acceptors (Lipinski definition) is 9. The number of nitrogens with zero attached hydrogens (tertiary/aromatic N) is 5. The van der Waals surface area contributed by atoms with Crippen LogP contribution in [0, 0.1) is 0 Å². The lowest BCUT2D eigenvalue weighted by Gasteiger charge is -2.16. The highest BCUT2D eigenvalue weighted by atomic mass is 32.2. The molecule has 0 bridgehead atoms. The Morgan fingerprint density at radius 2 is 1.82 bits per heavy atom. The Bertz CT molecular complexity index is 1340. The summed E-state index contributed by atoms with van der Waals surface area (Å²) in [5.74, 6) is -1.39. The van der Waals surface area contributed by atoms with Crippen LogP contribution in [0.15, 0.2) is 41.8 Å². The Morgan fingerprint density at radius 1 is 1.12 bits per heavy atom. The van der Waals surface area contributed by atoms with Crippen LogP contribution < -0.4 is 5.32 Å². The van der Waals surface area contributed by atoms with Crippen molar-refractivity contribution >= 4 is 21.7 Å². The van der Waals surface area contributed by atoms with Crippen LogP contribution in [0.4, 0.5) is 13.2 Å². The first-order chi connectivity index (χ1) is 15.8. The van der Waals surface area contributed by atoms with Crippen LogP contribution in [0.5, 0.6) is 0 Å². The lowest BCUT2D eigenvalue weighted by atomic mass is 10.1. The molecule has 0 spiro atoms. The van der Waals surface area contributed by atoms with E-state index in [0.29, 0.717) is 12.1 Å². The first-order valence-electron chi connectivity index (χ1n) is 9.35. The van der Waals surface area contributed by atoms with Crippen LogP contribution in [0.2, 0.25) is 0 Å². The van der Waals surface area contributed by atoms with Gasteiger partial charge in [0.2, 0.25) is 0 Å². The summed E-state index contributed by atoms with van der Waals surface area (Å²) in [5, 5.41) is 6.44. The van der Waals surface area contributed by atoms with Crippen LogP contribution in [-0.4, -0.2) is 58.4 Å². The van der Waals surface area contributed by atoms with Gasteiger partial charge in [-0.25, -0.2) is 28.2 Å². The first-order valence-corrected chi connectivity index (χ1v) is 11.2. The largest absolute Gasteiger partial charge is 0.464 e. The third-order valence-electron chi connectivity index (χ3n) is 4.48. The highest BCUT2D eigenvalue weighted by molar-refractivity contribution is 7.90. The SMILES string of the molecule is COC(=O)c1cnc(-n2ncnc2C(C)NC(=O)c2cc(C(F)(F)F)cc(S(C)(=O)=O)c2)cn1.